The number of amides is 1. The van der Waals surface area contributed by atoms with E-state index in [0.717, 1.165) is 17.0 Å². The van der Waals surface area contributed by atoms with Crippen molar-refractivity contribution in [3.63, 3.8) is 0 Å². The summed E-state index contributed by atoms with van der Waals surface area (Å²) in [6.45, 7) is 5.70. The predicted molar refractivity (Wildman–Crippen MR) is 118 cm³/mol. The van der Waals surface area contributed by atoms with E-state index in [1.807, 2.05) is 32.1 Å². The van der Waals surface area contributed by atoms with Crippen LogP contribution in [-0.2, 0) is 14.3 Å². The predicted octanol–water partition coefficient (Wildman–Crippen LogP) is 2.97. The zero-order chi connectivity index (χ0) is 22.5. The molecule has 1 unspecified atom stereocenters. The van der Waals surface area contributed by atoms with Gasteiger partial charge in [-0.2, -0.15) is 0 Å². The molecule has 1 amide bonds. The summed E-state index contributed by atoms with van der Waals surface area (Å²) < 4.78 is 25.3. The Labute approximate surface area is 185 Å². The van der Waals surface area contributed by atoms with Crippen molar-refractivity contribution in [3.8, 4) is 0 Å². The number of fused-ring (bicyclic) bond motifs is 1. The molecule has 166 valence electrons. The van der Waals surface area contributed by atoms with E-state index in [9.17, 15) is 14.3 Å². The van der Waals surface area contributed by atoms with Crippen molar-refractivity contribution in [1.29, 1.82) is 0 Å². The van der Waals surface area contributed by atoms with E-state index in [4.69, 9.17) is 9.47 Å². The van der Waals surface area contributed by atoms with Crippen LogP contribution in [0.5, 0.6) is 0 Å². The molecule has 1 fully saturated rings. The lowest BCUT2D eigenvalue weighted by atomic mass is 9.93. The Hall–Kier alpha value is -3.23. The first-order valence-electron chi connectivity index (χ1n) is 10.6. The number of morpholine rings is 1. The number of nitrogens with one attached hydrogen (secondary N) is 1. The van der Waals surface area contributed by atoms with Gasteiger partial charge in [-0.25, -0.2) is 9.37 Å². The van der Waals surface area contributed by atoms with Crippen molar-refractivity contribution in [2.45, 2.75) is 25.6 Å². The molecule has 3 aliphatic rings. The molecule has 2 aromatic rings. The van der Waals surface area contributed by atoms with E-state index in [1.54, 1.807) is 12.3 Å². The molecule has 0 bridgehead atoms. The van der Waals surface area contributed by atoms with Crippen molar-refractivity contribution in [1.82, 2.24) is 4.98 Å². The average Bonchev–Trinajstić information content (AvgIpc) is 3.27. The van der Waals surface area contributed by atoms with E-state index in [2.05, 4.69) is 15.2 Å². The van der Waals surface area contributed by atoms with E-state index in [1.165, 1.54) is 12.1 Å². The van der Waals surface area contributed by atoms with Crippen LogP contribution in [-0.4, -0.2) is 54.0 Å². The normalized spacial score (nSPS) is 24.1. The van der Waals surface area contributed by atoms with E-state index in [-0.39, 0.29) is 18.6 Å². The lowest BCUT2D eigenvalue weighted by molar-refractivity contribution is -0.111. The highest BCUT2D eigenvalue weighted by Crippen LogP contribution is 2.44. The third kappa shape index (κ3) is 3.55. The number of aliphatic hydroxyl groups excluding tert-OH is 1. The number of benzene rings is 1. The number of hydrogen-bond donors (Lipinski definition) is 2. The molecular weight excluding hydrogens is 413 g/mol. The second-order valence-electron chi connectivity index (χ2n) is 8.58. The second-order valence-corrected chi connectivity index (χ2v) is 8.58. The molecule has 2 N–H and O–H groups in total. The summed E-state index contributed by atoms with van der Waals surface area (Å²) in [5, 5.41) is 12.1. The van der Waals surface area contributed by atoms with Crippen LogP contribution in [0.2, 0.25) is 0 Å². The van der Waals surface area contributed by atoms with E-state index >= 15 is 0 Å². The smallest absolute Gasteiger partial charge is 0.260 e. The first kappa shape index (κ1) is 20.7. The number of rotatable bonds is 3. The summed E-state index contributed by atoms with van der Waals surface area (Å²) in [6, 6.07) is 8.15. The number of nitrogens with zero attached hydrogens (tertiary/aromatic N) is 2. The van der Waals surface area contributed by atoms with Crippen LogP contribution in [0.15, 0.2) is 48.4 Å². The highest BCUT2D eigenvalue weighted by molar-refractivity contribution is 6.32. The third-order valence-corrected chi connectivity index (χ3v) is 5.99. The highest BCUT2D eigenvalue weighted by Gasteiger charge is 2.38. The summed E-state index contributed by atoms with van der Waals surface area (Å²) in [5.74, 6) is 0.553. The van der Waals surface area contributed by atoms with Gasteiger partial charge in [0.15, 0.2) is 0 Å². The van der Waals surface area contributed by atoms with Crippen LogP contribution in [0.25, 0.3) is 11.1 Å². The van der Waals surface area contributed by atoms with Gasteiger partial charge in [-0.3, -0.25) is 4.79 Å². The zero-order valence-corrected chi connectivity index (χ0v) is 17.9. The lowest BCUT2D eigenvalue weighted by Gasteiger charge is -2.33. The maximum atomic E-state index is 13.6. The minimum Gasteiger partial charge on any atom is -0.482 e. The van der Waals surface area contributed by atoms with E-state index in [0.29, 0.717) is 42.3 Å². The fourth-order valence-corrected chi connectivity index (χ4v) is 4.38. The molecule has 0 aliphatic carbocycles. The van der Waals surface area contributed by atoms with Crippen molar-refractivity contribution in [2.24, 2.45) is 0 Å². The summed E-state index contributed by atoms with van der Waals surface area (Å²) in [4.78, 5) is 19.3. The number of ether oxygens (including phenoxy) is 2. The lowest BCUT2D eigenvalue weighted by Crippen LogP contribution is -2.44. The Morgan fingerprint density at radius 3 is 2.91 bits per heavy atom. The van der Waals surface area contributed by atoms with Gasteiger partial charge in [0.1, 0.15) is 23.0 Å². The SMILES string of the molecule is CC1(C)O/C(=C2/C(=O)Nc3cc(F)ccc32)C=C1c1ccc(N2CCOC(CO)C2)nc1. The number of carbonyl (C=O) groups is 1. The maximum absolute atomic E-state index is 13.6. The summed E-state index contributed by atoms with van der Waals surface area (Å²) in [5.41, 5.74) is 2.58. The quantitative estimate of drug-likeness (QED) is 0.719. The largest absolute Gasteiger partial charge is 0.482 e. The number of carbonyl (C=O) groups excluding carboxylic acids is 1. The summed E-state index contributed by atoms with van der Waals surface area (Å²) in [7, 11) is 0. The molecule has 0 spiro atoms. The Kier molecular flexibility index (Phi) is 4.98. The van der Waals surface area contributed by atoms with Crippen LogP contribution >= 0.6 is 0 Å². The fourth-order valence-electron chi connectivity index (χ4n) is 4.38. The molecule has 1 atom stereocenters. The highest BCUT2D eigenvalue weighted by atomic mass is 19.1. The van der Waals surface area contributed by atoms with Gasteiger partial charge in [0, 0.05) is 36.0 Å². The van der Waals surface area contributed by atoms with Gasteiger partial charge in [0.05, 0.1) is 30.6 Å². The Balaban J connectivity index is 1.47. The molecule has 1 aromatic carbocycles. The zero-order valence-electron chi connectivity index (χ0n) is 17.9. The number of halogens is 1. The molecule has 1 saturated heterocycles. The van der Waals surface area contributed by atoms with Gasteiger partial charge < -0.3 is 24.8 Å². The van der Waals surface area contributed by atoms with Gasteiger partial charge in [-0.1, -0.05) is 0 Å². The Bertz CT molecular complexity index is 1140. The molecule has 0 saturated carbocycles. The Morgan fingerprint density at radius 1 is 1.31 bits per heavy atom. The first-order chi connectivity index (χ1) is 15.4. The number of allylic oxidation sites excluding steroid dienone is 1. The number of pyridine rings is 1. The number of anilines is 2. The number of aliphatic hydroxyl groups is 1. The molecule has 3 aliphatic heterocycles. The molecule has 4 heterocycles. The first-order valence-corrected chi connectivity index (χ1v) is 10.6. The van der Waals surface area contributed by atoms with Crippen LogP contribution in [0, 0.1) is 5.82 Å². The molecular formula is C24H24FN3O4. The second kappa shape index (κ2) is 7.72. The van der Waals surface area contributed by atoms with Gasteiger partial charge >= 0.3 is 0 Å². The number of hydrogen-bond acceptors (Lipinski definition) is 6. The monoisotopic (exact) mass is 437 g/mol. The van der Waals surface area contributed by atoms with Crippen molar-refractivity contribution in [3.05, 3.63) is 65.3 Å². The van der Waals surface area contributed by atoms with Gasteiger partial charge in [-0.05, 0) is 50.3 Å². The maximum Gasteiger partial charge on any atom is 0.260 e. The third-order valence-electron chi connectivity index (χ3n) is 5.99. The fraction of sp³-hybridized carbons (Fsp3) is 0.333. The summed E-state index contributed by atoms with van der Waals surface area (Å²) >= 11 is 0. The van der Waals surface area contributed by atoms with E-state index < -0.39 is 11.4 Å². The molecule has 5 rings (SSSR count). The Morgan fingerprint density at radius 2 is 2.16 bits per heavy atom. The van der Waals surface area contributed by atoms with Crippen LogP contribution in [0.3, 0.4) is 0 Å². The molecule has 1 aromatic heterocycles. The average molecular weight is 437 g/mol. The standard InChI is InChI=1S/C24H24FN3O4/c1-24(2)18(14-3-6-21(26-11-14)28-7-8-31-16(12-28)13-29)10-20(32-24)22-17-5-4-15(25)9-19(17)27-23(22)30/h3-6,9-11,16,29H,7-8,12-13H2,1-2H3,(H,27,30)/b22-20+. The molecule has 7 nitrogen and oxygen atoms in total. The van der Waals surface area contributed by atoms with Crippen molar-refractivity contribution < 1.29 is 23.8 Å². The number of aromatic nitrogens is 1. The van der Waals surface area contributed by atoms with Crippen molar-refractivity contribution >= 4 is 28.6 Å². The minimum atomic E-state index is -0.671. The topological polar surface area (TPSA) is 83.9 Å². The van der Waals surface area contributed by atoms with Crippen molar-refractivity contribution in [2.75, 3.05) is 36.5 Å². The van der Waals surface area contributed by atoms with Gasteiger partial charge in [-0.15, -0.1) is 0 Å². The molecule has 0 radical (unpaired) electrons. The van der Waals surface area contributed by atoms with Gasteiger partial charge in [0.2, 0.25) is 0 Å². The molecule has 32 heavy (non-hydrogen) atoms. The van der Waals surface area contributed by atoms with Crippen LogP contribution < -0.4 is 10.2 Å². The van der Waals surface area contributed by atoms with Gasteiger partial charge in [0.25, 0.3) is 5.91 Å². The molecule has 8 heteroatoms. The minimum absolute atomic E-state index is 0.0200. The summed E-state index contributed by atoms with van der Waals surface area (Å²) in [6.07, 6.45) is 3.44. The van der Waals surface area contributed by atoms with Crippen LogP contribution in [0.1, 0.15) is 25.0 Å². The van der Waals surface area contributed by atoms with Crippen LogP contribution in [0.4, 0.5) is 15.9 Å².